The fourth-order valence-corrected chi connectivity index (χ4v) is 5.63. The highest BCUT2D eigenvalue weighted by Crippen LogP contribution is 2.22. The van der Waals surface area contributed by atoms with Gasteiger partial charge in [-0.3, -0.25) is 9.59 Å². The fraction of sp³-hybridized carbons (Fsp3) is 0.448. The van der Waals surface area contributed by atoms with Gasteiger partial charge in [0.15, 0.2) is 0 Å². The number of carbonyl (C=O) groups is 2. The summed E-state index contributed by atoms with van der Waals surface area (Å²) in [5, 5.41) is 17.0. The zero-order valence-corrected chi connectivity index (χ0v) is 23.1. The van der Waals surface area contributed by atoms with Crippen LogP contribution >= 0.6 is 23.2 Å². The number of hydrogen-bond donors (Lipinski definition) is 3. The van der Waals surface area contributed by atoms with Gasteiger partial charge < -0.3 is 25.5 Å². The molecule has 2 heterocycles. The third-order valence-electron chi connectivity index (χ3n) is 7.12. The SMILES string of the molecule is O=C(/C=C/c1ccc(O)cc1)NC[C@@H]1CCN(Cc2cc(Cl)cc(Cl)c2)C(=O)[C@H](CCN2CCCCC2)N1. The highest BCUT2D eigenvalue weighted by atomic mass is 35.5. The van der Waals surface area contributed by atoms with E-state index in [0.717, 1.165) is 37.2 Å². The minimum atomic E-state index is -0.330. The minimum Gasteiger partial charge on any atom is -0.508 e. The summed E-state index contributed by atoms with van der Waals surface area (Å²) in [7, 11) is 0. The van der Waals surface area contributed by atoms with E-state index in [0.29, 0.717) is 36.1 Å². The Balaban J connectivity index is 1.39. The minimum absolute atomic E-state index is 0.0377. The second-order valence-corrected chi connectivity index (χ2v) is 11.0. The molecule has 2 aliphatic heterocycles. The number of likely N-dealkylation sites (tertiary alicyclic amines) is 1. The van der Waals surface area contributed by atoms with Crippen molar-refractivity contribution < 1.29 is 14.7 Å². The Hall–Kier alpha value is -2.58. The maximum absolute atomic E-state index is 13.6. The number of aromatic hydroxyl groups is 1. The Labute approximate surface area is 234 Å². The summed E-state index contributed by atoms with van der Waals surface area (Å²) in [5.41, 5.74) is 1.72. The third-order valence-corrected chi connectivity index (χ3v) is 7.55. The molecule has 4 rings (SSSR count). The molecule has 9 heteroatoms. The van der Waals surface area contributed by atoms with Crippen LogP contribution in [-0.2, 0) is 16.1 Å². The molecule has 2 amide bonds. The molecule has 2 aliphatic rings. The van der Waals surface area contributed by atoms with Crippen molar-refractivity contribution in [1.82, 2.24) is 20.4 Å². The van der Waals surface area contributed by atoms with E-state index in [1.54, 1.807) is 36.4 Å². The Morgan fingerprint density at radius 3 is 2.47 bits per heavy atom. The molecular weight excluding hydrogens is 523 g/mol. The number of piperidine rings is 1. The molecule has 2 saturated heterocycles. The maximum atomic E-state index is 13.6. The van der Waals surface area contributed by atoms with Gasteiger partial charge in [-0.25, -0.2) is 0 Å². The van der Waals surface area contributed by atoms with Gasteiger partial charge in [-0.05, 0) is 86.3 Å². The second-order valence-electron chi connectivity index (χ2n) is 10.1. The van der Waals surface area contributed by atoms with E-state index >= 15 is 0 Å². The summed E-state index contributed by atoms with van der Waals surface area (Å²) < 4.78 is 0. The second kappa shape index (κ2) is 14.0. The quantitative estimate of drug-likeness (QED) is 0.395. The van der Waals surface area contributed by atoms with Crippen molar-refractivity contribution in [2.24, 2.45) is 0 Å². The number of rotatable bonds is 9. The molecule has 0 unspecified atom stereocenters. The topological polar surface area (TPSA) is 84.9 Å². The lowest BCUT2D eigenvalue weighted by atomic mass is 10.1. The molecule has 7 nitrogen and oxygen atoms in total. The summed E-state index contributed by atoms with van der Waals surface area (Å²) in [6.45, 7) is 4.46. The number of hydrogen-bond acceptors (Lipinski definition) is 5. The Kier molecular flexibility index (Phi) is 10.5. The van der Waals surface area contributed by atoms with Crippen molar-refractivity contribution in [2.45, 2.75) is 50.7 Å². The van der Waals surface area contributed by atoms with Crippen LogP contribution in [0.1, 0.15) is 43.2 Å². The van der Waals surface area contributed by atoms with Crippen LogP contribution in [0.15, 0.2) is 48.5 Å². The predicted octanol–water partition coefficient (Wildman–Crippen LogP) is 4.46. The number of phenolic OH excluding ortho intramolecular Hbond substituents is 1. The molecule has 2 atom stereocenters. The van der Waals surface area contributed by atoms with Gasteiger partial charge in [-0.2, -0.15) is 0 Å². The van der Waals surface area contributed by atoms with Gasteiger partial charge in [-0.15, -0.1) is 0 Å². The van der Waals surface area contributed by atoms with E-state index in [2.05, 4.69) is 15.5 Å². The van der Waals surface area contributed by atoms with E-state index in [1.807, 2.05) is 17.0 Å². The van der Waals surface area contributed by atoms with Crippen molar-refractivity contribution in [3.63, 3.8) is 0 Å². The summed E-state index contributed by atoms with van der Waals surface area (Å²) in [5.74, 6) is 0.0489. The first kappa shape index (κ1) is 28.4. The normalized spacial score (nSPS) is 21.0. The smallest absolute Gasteiger partial charge is 0.244 e. The molecule has 2 aromatic carbocycles. The van der Waals surface area contributed by atoms with Gasteiger partial charge in [0.2, 0.25) is 11.8 Å². The number of nitrogens with zero attached hydrogens (tertiary/aromatic N) is 2. The maximum Gasteiger partial charge on any atom is 0.244 e. The molecule has 2 aromatic rings. The van der Waals surface area contributed by atoms with Gasteiger partial charge >= 0.3 is 0 Å². The molecule has 3 N–H and O–H groups in total. The van der Waals surface area contributed by atoms with Crippen LogP contribution in [0.3, 0.4) is 0 Å². The van der Waals surface area contributed by atoms with Crippen LogP contribution in [0.2, 0.25) is 10.0 Å². The van der Waals surface area contributed by atoms with Crippen molar-refractivity contribution >= 4 is 41.1 Å². The molecule has 0 spiro atoms. The van der Waals surface area contributed by atoms with Crippen LogP contribution < -0.4 is 10.6 Å². The molecule has 0 saturated carbocycles. The number of amides is 2. The zero-order valence-electron chi connectivity index (χ0n) is 21.5. The lowest BCUT2D eigenvalue weighted by molar-refractivity contribution is -0.133. The zero-order chi connectivity index (χ0) is 26.9. The summed E-state index contributed by atoms with van der Waals surface area (Å²) in [6.07, 6.45) is 8.31. The summed E-state index contributed by atoms with van der Waals surface area (Å²) >= 11 is 12.4. The van der Waals surface area contributed by atoms with Crippen LogP contribution in [0.4, 0.5) is 0 Å². The molecule has 38 heavy (non-hydrogen) atoms. The van der Waals surface area contributed by atoms with E-state index in [4.69, 9.17) is 23.2 Å². The predicted molar refractivity (Wildman–Crippen MR) is 152 cm³/mol. The van der Waals surface area contributed by atoms with E-state index in [9.17, 15) is 14.7 Å². The van der Waals surface area contributed by atoms with E-state index in [-0.39, 0.29) is 29.6 Å². The Morgan fingerprint density at radius 1 is 1.05 bits per heavy atom. The Morgan fingerprint density at radius 2 is 1.76 bits per heavy atom. The van der Waals surface area contributed by atoms with Crippen LogP contribution in [-0.4, -0.2) is 71.5 Å². The van der Waals surface area contributed by atoms with Crippen LogP contribution in [0.25, 0.3) is 6.08 Å². The van der Waals surface area contributed by atoms with Crippen molar-refractivity contribution in [3.8, 4) is 5.75 Å². The highest BCUT2D eigenvalue weighted by Gasteiger charge is 2.31. The first-order chi connectivity index (χ1) is 18.4. The average Bonchev–Trinajstić information content (AvgIpc) is 3.04. The van der Waals surface area contributed by atoms with Gasteiger partial charge in [0.05, 0.1) is 6.04 Å². The first-order valence-corrected chi connectivity index (χ1v) is 14.1. The van der Waals surface area contributed by atoms with Crippen molar-refractivity contribution in [1.29, 1.82) is 0 Å². The largest absolute Gasteiger partial charge is 0.508 e. The van der Waals surface area contributed by atoms with Gasteiger partial charge in [0.1, 0.15) is 5.75 Å². The van der Waals surface area contributed by atoms with Crippen molar-refractivity contribution in [3.05, 3.63) is 69.7 Å². The molecule has 0 aromatic heterocycles. The number of benzene rings is 2. The molecule has 0 radical (unpaired) electrons. The first-order valence-electron chi connectivity index (χ1n) is 13.3. The molecule has 0 aliphatic carbocycles. The fourth-order valence-electron chi connectivity index (χ4n) is 5.06. The monoisotopic (exact) mass is 558 g/mol. The van der Waals surface area contributed by atoms with Gasteiger partial charge in [0, 0.05) is 48.3 Å². The summed E-state index contributed by atoms with van der Waals surface area (Å²) in [4.78, 5) is 30.4. The average molecular weight is 560 g/mol. The lowest BCUT2D eigenvalue weighted by Crippen LogP contribution is -2.50. The lowest BCUT2D eigenvalue weighted by Gasteiger charge is -2.30. The third kappa shape index (κ3) is 8.73. The number of phenols is 1. The molecule has 2 fully saturated rings. The Bertz CT molecular complexity index is 1100. The summed E-state index contributed by atoms with van der Waals surface area (Å²) in [6, 6.07) is 11.7. The van der Waals surface area contributed by atoms with Gasteiger partial charge in [0.25, 0.3) is 0 Å². The number of carbonyl (C=O) groups excluding carboxylic acids is 2. The van der Waals surface area contributed by atoms with Crippen LogP contribution in [0, 0.1) is 0 Å². The molecular formula is C29H36Cl2N4O3. The highest BCUT2D eigenvalue weighted by molar-refractivity contribution is 6.34. The van der Waals surface area contributed by atoms with Crippen LogP contribution in [0.5, 0.6) is 5.75 Å². The van der Waals surface area contributed by atoms with Crippen molar-refractivity contribution in [2.75, 3.05) is 32.7 Å². The van der Waals surface area contributed by atoms with E-state index < -0.39 is 0 Å². The standard InChI is InChI=1S/C29H36Cl2N4O3/c30-23-16-22(17-24(31)18-23)20-35-15-10-25(19-32-28(37)9-6-21-4-7-26(36)8-5-21)33-27(29(35)38)11-14-34-12-2-1-3-13-34/h4-9,16-18,25,27,33,36H,1-3,10-15,19-20H2,(H,32,37)/b9-6+/t25-,27-/m0/s1. The van der Waals surface area contributed by atoms with E-state index in [1.165, 1.54) is 25.3 Å². The van der Waals surface area contributed by atoms with Gasteiger partial charge in [-0.1, -0.05) is 41.8 Å². The molecule has 204 valence electrons. The number of nitrogens with one attached hydrogen (secondary N) is 2. The molecule has 0 bridgehead atoms. The number of halogens is 2.